The van der Waals surface area contributed by atoms with Crippen LogP contribution in [0.3, 0.4) is 0 Å². The summed E-state index contributed by atoms with van der Waals surface area (Å²) in [6.45, 7) is 5.60. The van der Waals surface area contributed by atoms with Crippen molar-refractivity contribution in [2.45, 2.75) is 39.5 Å². The predicted molar refractivity (Wildman–Crippen MR) is 68.6 cm³/mol. The van der Waals surface area contributed by atoms with E-state index in [4.69, 9.17) is 0 Å². The van der Waals surface area contributed by atoms with Gasteiger partial charge in [0.15, 0.2) is 0 Å². The first-order valence-corrected chi connectivity index (χ1v) is 6.02. The first kappa shape index (κ1) is 12.1. The summed E-state index contributed by atoms with van der Waals surface area (Å²) in [5.74, 6) is 0. The molecule has 1 rings (SSSR count). The third-order valence-corrected chi connectivity index (χ3v) is 2.87. The highest BCUT2D eigenvalue weighted by molar-refractivity contribution is 5.52. The predicted octanol–water partition coefficient (Wildman–Crippen LogP) is 4.01. The molecule has 0 aliphatic rings. The van der Waals surface area contributed by atoms with Gasteiger partial charge >= 0.3 is 0 Å². The lowest BCUT2D eigenvalue weighted by Gasteiger charge is -2.21. The highest BCUT2D eigenvalue weighted by atomic mass is 15.1. The maximum atomic E-state index is 2.37. The second-order valence-electron chi connectivity index (χ2n) is 4.27. The first-order valence-electron chi connectivity index (χ1n) is 6.02. The van der Waals surface area contributed by atoms with E-state index in [1.807, 2.05) is 0 Å². The van der Waals surface area contributed by atoms with Crippen molar-refractivity contribution < 1.29 is 0 Å². The van der Waals surface area contributed by atoms with E-state index in [0.717, 1.165) is 0 Å². The van der Waals surface area contributed by atoms with Gasteiger partial charge < -0.3 is 4.90 Å². The van der Waals surface area contributed by atoms with Crippen LogP contribution in [0, 0.1) is 6.92 Å². The van der Waals surface area contributed by atoms with Crippen LogP contribution < -0.4 is 4.90 Å². The molecule has 0 unspecified atom stereocenters. The Balaban J connectivity index is 2.40. The van der Waals surface area contributed by atoms with Crippen LogP contribution >= 0.6 is 0 Å². The van der Waals surface area contributed by atoms with Gasteiger partial charge in [-0.15, -0.1) is 0 Å². The van der Waals surface area contributed by atoms with Crippen LogP contribution in [-0.4, -0.2) is 13.6 Å². The molecule has 0 spiro atoms. The summed E-state index contributed by atoms with van der Waals surface area (Å²) < 4.78 is 0. The van der Waals surface area contributed by atoms with E-state index in [1.165, 1.54) is 43.5 Å². The number of benzene rings is 1. The van der Waals surface area contributed by atoms with Crippen molar-refractivity contribution in [2.24, 2.45) is 0 Å². The van der Waals surface area contributed by atoms with Gasteiger partial charge in [0.05, 0.1) is 0 Å². The lowest BCUT2D eigenvalue weighted by molar-refractivity contribution is 0.661. The van der Waals surface area contributed by atoms with Crippen LogP contribution in [0.1, 0.15) is 38.2 Å². The van der Waals surface area contributed by atoms with Crippen LogP contribution in [0.25, 0.3) is 0 Å². The smallest absolute Gasteiger partial charge is 0.0393 e. The number of rotatable bonds is 6. The van der Waals surface area contributed by atoms with Crippen LogP contribution in [-0.2, 0) is 0 Å². The van der Waals surface area contributed by atoms with Crippen molar-refractivity contribution in [1.82, 2.24) is 0 Å². The van der Waals surface area contributed by atoms with Gasteiger partial charge in [-0.3, -0.25) is 0 Å². The van der Waals surface area contributed by atoms with Gasteiger partial charge in [0.1, 0.15) is 0 Å². The van der Waals surface area contributed by atoms with Gasteiger partial charge in [-0.25, -0.2) is 0 Å². The van der Waals surface area contributed by atoms with E-state index in [2.05, 4.69) is 50.1 Å². The van der Waals surface area contributed by atoms with E-state index in [9.17, 15) is 0 Å². The standard InChI is InChI=1S/C14H23N/c1-4-5-6-9-12-15(3)14-11-8-7-10-13(14)2/h7-8,10-11H,4-6,9,12H2,1-3H3. The average Bonchev–Trinajstić information content (AvgIpc) is 2.25. The van der Waals surface area contributed by atoms with E-state index < -0.39 is 0 Å². The second kappa shape index (κ2) is 6.49. The van der Waals surface area contributed by atoms with Crippen molar-refractivity contribution in [3.63, 3.8) is 0 Å². The lowest BCUT2D eigenvalue weighted by Crippen LogP contribution is -2.19. The molecule has 1 heteroatoms. The molecule has 0 amide bonds. The first-order chi connectivity index (χ1) is 7.25. The molecule has 15 heavy (non-hydrogen) atoms. The molecule has 1 aromatic carbocycles. The van der Waals surface area contributed by atoms with Crippen LogP contribution in [0.4, 0.5) is 5.69 Å². The van der Waals surface area contributed by atoms with Gasteiger partial charge in [-0.05, 0) is 25.0 Å². The zero-order chi connectivity index (χ0) is 11.1. The minimum Gasteiger partial charge on any atom is -0.374 e. The second-order valence-corrected chi connectivity index (χ2v) is 4.27. The summed E-state index contributed by atoms with van der Waals surface area (Å²) >= 11 is 0. The Kier molecular flexibility index (Phi) is 5.23. The number of para-hydroxylation sites is 1. The Hall–Kier alpha value is -0.980. The molecule has 0 aliphatic heterocycles. The quantitative estimate of drug-likeness (QED) is 0.634. The van der Waals surface area contributed by atoms with E-state index in [-0.39, 0.29) is 0 Å². The molecular weight excluding hydrogens is 182 g/mol. The summed E-state index contributed by atoms with van der Waals surface area (Å²) in [4.78, 5) is 2.37. The third-order valence-electron chi connectivity index (χ3n) is 2.87. The number of hydrogen-bond donors (Lipinski definition) is 0. The Morgan fingerprint density at radius 2 is 1.80 bits per heavy atom. The zero-order valence-corrected chi connectivity index (χ0v) is 10.3. The van der Waals surface area contributed by atoms with Gasteiger partial charge in [-0.2, -0.15) is 0 Å². The Bertz CT molecular complexity index is 280. The Morgan fingerprint density at radius 1 is 1.07 bits per heavy atom. The topological polar surface area (TPSA) is 3.24 Å². The van der Waals surface area contributed by atoms with Gasteiger partial charge in [0.2, 0.25) is 0 Å². The number of hydrogen-bond acceptors (Lipinski definition) is 1. The number of nitrogens with zero attached hydrogens (tertiary/aromatic N) is 1. The molecule has 0 saturated carbocycles. The zero-order valence-electron chi connectivity index (χ0n) is 10.3. The van der Waals surface area contributed by atoms with E-state index in [0.29, 0.717) is 0 Å². The van der Waals surface area contributed by atoms with E-state index in [1.54, 1.807) is 0 Å². The Morgan fingerprint density at radius 3 is 2.47 bits per heavy atom. The molecular formula is C14H23N. The summed E-state index contributed by atoms with van der Waals surface area (Å²) in [7, 11) is 2.19. The highest BCUT2D eigenvalue weighted by Crippen LogP contribution is 2.18. The summed E-state index contributed by atoms with van der Waals surface area (Å²) in [5.41, 5.74) is 2.74. The number of anilines is 1. The monoisotopic (exact) mass is 205 g/mol. The summed E-state index contributed by atoms with van der Waals surface area (Å²) in [6, 6.07) is 8.60. The van der Waals surface area contributed by atoms with Crippen molar-refractivity contribution in [2.75, 3.05) is 18.5 Å². The molecule has 0 aliphatic carbocycles. The van der Waals surface area contributed by atoms with Crippen molar-refractivity contribution in [3.05, 3.63) is 29.8 Å². The molecule has 84 valence electrons. The lowest BCUT2D eigenvalue weighted by atomic mass is 10.1. The number of unbranched alkanes of at least 4 members (excludes halogenated alkanes) is 3. The number of aryl methyl sites for hydroxylation is 1. The molecule has 1 nitrogen and oxygen atoms in total. The van der Waals surface area contributed by atoms with Crippen LogP contribution in [0.2, 0.25) is 0 Å². The molecule has 0 N–H and O–H groups in total. The molecule has 0 bridgehead atoms. The molecule has 0 radical (unpaired) electrons. The largest absolute Gasteiger partial charge is 0.374 e. The Labute approximate surface area is 94.1 Å². The van der Waals surface area contributed by atoms with Crippen molar-refractivity contribution >= 4 is 5.69 Å². The van der Waals surface area contributed by atoms with Crippen molar-refractivity contribution in [1.29, 1.82) is 0 Å². The fraction of sp³-hybridized carbons (Fsp3) is 0.571. The fourth-order valence-corrected chi connectivity index (χ4v) is 1.89. The SMILES string of the molecule is CCCCCCN(C)c1ccccc1C. The van der Waals surface area contributed by atoms with Gasteiger partial charge in [-0.1, -0.05) is 44.4 Å². The maximum Gasteiger partial charge on any atom is 0.0393 e. The molecule has 0 saturated heterocycles. The van der Waals surface area contributed by atoms with Gasteiger partial charge in [0.25, 0.3) is 0 Å². The molecule has 1 aromatic rings. The summed E-state index contributed by atoms with van der Waals surface area (Å²) in [5, 5.41) is 0. The molecule has 0 atom stereocenters. The van der Waals surface area contributed by atoms with Crippen LogP contribution in [0.15, 0.2) is 24.3 Å². The third kappa shape index (κ3) is 3.94. The van der Waals surface area contributed by atoms with E-state index >= 15 is 0 Å². The van der Waals surface area contributed by atoms with Crippen LogP contribution in [0.5, 0.6) is 0 Å². The molecule has 0 fully saturated rings. The molecule has 0 aromatic heterocycles. The fourth-order valence-electron chi connectivity index (χ4n) is 1.89. The van der Waals surface area contributed by atoms with Crippen molar-refractivity contribution in [3.8, 4) is 0 Å². The average molecular weight is 205 g/mol. The minimum absolute atomic E-state index is 1.17. The maximum absolute atomic E-state index is 2.37. The normalized spacial score (nSPS) is 10.3. The molecule has 0 heterocycles. The minimum atomic E-state index is 1.17. The van der Waals surface area contributed by atoms with Gasteiger partial charge in [0, 0.05) is 19.3 Å². The summed E-state index contributed by atoms with van der Waals surface area (Å²) in [6.07, 6.45) is 5.33. The highest BCUT2D eigenvalue weighted by Gasteiger charge is 2.02.